The Labute approximate surface area is 147 Å². The van der Waals surface area contributed by atoms with Gasteiger partial charge in [0.25, 0.3) is 11.8 Å². The fourth-order valence-electron chi connectivity index (χ4n) is 3.98. The molecule has 6 heteroatoms. The van der Waals surface area contributed by atoms with Crippen LogP contribution in [0.4, 0.5) is 0 Å². The topological polar surface area (TPSA) is 72.6 Å². The van der Waals surface area contributed by atoms with E-state index in [1.54, 1.807) is 12.1 Å². The average molecular weight is 351 g/mol. The number of piperidine rings is 1. The Morgan fingerprint density at radius 2 is 1.96 bits per heavy atom. The first-order chi connectivity index (χ1) is 11.6. The summed E-state index contributed by atoms with van der Waals surface area (Å²) in [7, 11) is 0. The van der Waals surface area contributed by atoms with Crippen LogP contribution in [0.3, 0.4) is 0 Å². The molecule has 2 N–H and O–H groups in total. The third kappa shape index (κ3) is 3.66. The Bertz CT molecular complexity index is 633. The summed E-state index contributed by atoms with van der Waals surface area (Å²) in [6, 6.07) is 5.01. The molecule has 1 aromatic rings. The standard InChI is InChI=1S/C18H23ClN2O3/c19-13-7-8-16(14(10-13)18(20)23)24-11-17(22)21-9-3-5-12-4-1-2-6-15(12)21/h7-8,10,12,15H,1-6,9,11H2,(H2,20,23)/t12-,15-/m0/s1. The molecular formula is C18H23ClN2O3. The van der Waals surface area contributed by atoms with Gasteiger partial charge in [0.2, 0.25) is 0 Å². The van der Waals surface area contributed by atoms with Crippen LogP contribution < -0.4 is 10.5 Å². The molecule has 5 nitrogen and oxygen atoms in total. The fourth-order valence-corrected chi connectivity index (χ4v) is 4.15. The highest BCUT2D eigenvalue weighted by molar-refractivity contribution is 6.31. The van der Waals surface area contributed by atoms with Gasteiger partial charge >= 0.3 is 0 Å². The molecule has 1 aliphatic heterocycles. The molecule has 1 heterocycles. The minimum Gasteiger partial charge on any atom is -0.483 e. The van der Waals surface area contributed by atoms with Crippen molar-refractivity contribution in [3.05, 3.63) is 28.8 Å². The molecule has 2 atom stereocenters. The maximum Gasteiger partial charge on any atom is 0.260 e. The van der Waals surface area contributed by atoms with Gasteiger partial charge in [0.15, 0.2) is 6.61 Å². The molecule has 0 spiro atoms. The monoisotopic (exact) mass is 350 g/mol. The van der Waals surface area contributed by atoms with Crippen molar-refractivity contribution in [3.63, 3.8) is 0 Å². The Hall–Kier alpha value is -1.75. The van der Waals surface area contributed by atoms with Crippen molar-refractivity contribution < 1.29 is 14.3 Å². The van der Waals surface area contributed by atoms with Crippen molar-refractivity contribution >= 4 is 23.4 Å². The van der Waals surface area contributed by atoms with E-state index in [1.807, 2.05) is 4.90 Å². The molecule has 1 saturated carbocycles. The van der Waals surface area contributed by atoms with E-state index in [0.717, 1.165) is 19.4 Å². The number of hydrogen-bond acceptors (Lipinski definition) is 3. The number of primary amides is 1. The van der Waals surface area contributed by atoms with Crippen LogP contribution in [0, 0.1) is 5.92 Å². The molecule has 3 rings (SSSR count). The third-order valence-electron chi connectivity index (χ3n) is 5.12. The number of nitrogens with two attached hydrogens (primary N) is 1. The number of halogens is 1. The minimum atomic E-state index is -0.620. The van der Waals surface area contributed by atoms with Crippen molar-refractivity contribution in [1.29, 1.82) is 0 Å². The van der Waals surface area contributed by atoms with Crippen molar-refractivity contribution in [2.45, 2.75) is 44.6 Å². The zero-order valence-corrected chi connectivity index (χ0v) is 14.4. The van der Waals surface area contributed by atoms with Gasteiger partial charge in [0.05, 0.1) is 5.56 Å². The van der Waals surface area contributed by atoms with Crippen LogP contribution in [0.1, 0.15) is 48.9 Å². The van der Waals surface area contributed by atoms with E-state index in [-0.39, 0.29) is 18.1 Å². The first-order valence-electron chi connectivity index (χ1n) is 8.58. The summed E-state index contributed by atoms with van der Waals surface area (Å²) < 4.78 is 5.60. The largest absolute Gasteiger partial charge is 0.483 e. The maximum absolute atomic E-state index is 12.6. The maximum atomic E-state index is 12.6. The molecule has 1 aromatic carbocycles. The van der Waals surface area contributed by atoms with Gasteiger partial charge in [-0.15, -0.1) is 0 Å². The second-order valence-electron chi connectivity index (χ2n) is 6.63. The molecule has 1 aliphatic carbocycles. The Balaban J connectivity index is 1.66. The lowest BCUT2D eigenvalue weighted by Crippen LogP contribution is -2.51. The molecule has 0 radical (unpaired) electrons. The number of nitrogens with zero attached hydrogens (tertiary/aromatic N) is 1. The predicted molar refractivity (Wildman–Crippen MR) is 92.2 cm³/mol. The zero-order valence-electron chi connectivity index (χ0n) is 13.7. The van der Waals surface area contributed by atoms with Crippen molar-refractivity contribution in [1.82, 2.24) is 4.90 Å². The Morgan fingerprint density at radius 3 is 2.75 bits per heavy atom. The van der Waals surface area contributed by atoms with E-state index in [4.69, 9.17) is 22.1 Å². The van der Waals surface area contributed by atoms with Gasteiger partial charge in [-0.1, -0.05) is 24.4 Å². The third-order valence-corrected chi connectivity index (χ3v) is 5.36. The number of carbonyl (C=O) groups is 2. The molecule has 0 bridgehead atoms. The van der Waals surface area contributed by atoms with Crippen molar-refractivity contribution in [3.8, 4) is 5.75 Å². The fraction of sp³-hybridized carbons (Fsp3) is 0.556. The van der Waals surface area contributed by atoms with Crippen molar-refractivity contribution in [2.75, 3.05) is 13.2 Å². The number of benzene rings is 1. The average Bonchev–Trinajstić information content (AvgIpc) is 2.59. The summed E-state index contributed by atoms with van der Waals surface area (Å²) in [5.41, 5.74) is 5.55. The highest BCUT2D eigenvalue weighted by atomic mass is 35.5. The van der Waals surface area contributed by atoms with Crippen LogP contribution in [-0.4, -0.2) is 35.9 Å². The molecule has 0 aromatic heterocycles. The van der Waals surface area contributed by atoms with Gasteiger partial charge in [0, 0.05) is 17.6 Å². The van der Waals surface area contributed by atoms with Gasteiger partial charge in [-0.2, -0.15) is 0 Å². The highest BCUT2D eigenvalue weighted by Crippen LogP contribution is 2.35. The first kappa shape index (κ1) is 17.1. The molecule has 2 fully saturated rings. The normalized spacial score (nSPS) is 23.5. The quantitative estimate of drug-likeness (QED) is 0.907. The molecular weight excluding hydrogens is 328 g/mol. The van der Waals surface area contributed by atoms with Crippen molar-refractivity contribution in [2.24, 2.45) is 11.7 Å². The smallest absolute Gasteiger partial charge is 0.260 e. The van der Waals surface area contributed by atoms with E-state index in [2.05, 4.69) is 0 Å². The summed E-state index contributed by atoms with van der Waals surface area (Å²) >= 11 is 5.88. The lowest BCUT2D eigenvalue weighted by molar-refractivity contribution is -0.139. The van der Waals surface area contributed by atoms with E-state index in [1.165, 1.54) is 31.7 Å². The number of rotatable bonds is 4. The van der Waals surface area contributed by atoms with Gasteiger partial charge in [-0.3, -0.25) is 9.59 Å². The molecule has 130 valence electrons. The second-order valence-corrected chi connectivity index (χ2v) is 7.07. The Kier molecular flexibility index (Phi) is 5.29. The van der Waals surface area contributed by atoms with Gasteiger partial charge in [0.1, 0.15) is 5.75 Å². The number of fused-ring (bicyclic) bond motifs is 1. The number of hydrogen-bond donors (Lipinski definition) is 1. The molecule has 1 saturated heterocycles. The summed E-state index contributed by atoms with van der Waals surface area (Å²) in [6.07, 6.45) is 7.04. The van der Waals surface area contributed by atoms with E-state index in [0.29, 0.717) is 22.7 Å². The van der Waals surface area contributed by atoms with Gasteiger partial charge < -0.3 is 15.4 Å². The zero-order chi connectivity index (χ0) is 17.1. The van der Waals surface area contributed by atoms with Crippen LogP contribution in [-0.2, 0) is 4.79 Å². The molecule has 2 aliphatic rings. The van der Waals surface area contributed by atoms with Crippen LogP contribution in [0.5, 0.6) is 5.75 Å². The minimum absolute atomic E-state index is 0.0167. The number of carbonyl (C=O) groups excluding carboxylic acids is 2. The summed E-state index contributed by atoms with van der Waals surface area (Å²) in [6.45, 7) is 0.720. The van der Waals surface area contributed by atoms with Crippen LogP contribution in [0.25, 0.3) is 0 Å². The van der Waals surface area contributed by atoms with Gasteiger partial charge in [-0.25, -0.2) is 0 Å². The van der Waals surface area contributed by atoms with E-state index < -0.39 is 5.91 Å². The summed E-state index contributed by atoms with van der Waals surface area (Å²) in [5, 5.41) is 0.406. The Morgan fingerprint density at radius 1 is 1.21 bits per heavy atom. The highest BCUT2D eigenvalue weighted by Gasteiger charge is 2.35. The molecule has 2 amide bonds. The number of amides is 2. The SMILES string of the molecule is NC(=O)c1cc(Cl)ccc1OCC(=O)N1CCC[C@@H]2CCCC[C@@H]21. The molecule has 0 unspecified atom stereocenters. The summed E-state index contributed by atoms with van der Waals surface area (Å²) in [4.78, 5) is 26.1. The van der Waals surface area contributed by atoms with E-state index >= 15 is 0 Å². The lowest BCUT2D eigenvalue weighted by Gasteiger charge is -2.44. The predicted octanol–water partition coefficient (Wildman–Crippen LogP) is 3.00. The number of ether oxygens (including phenoxy) is 1. The summed E-state index contributed by atoms with van der Waals surface area (Å²) in [5.74, 6) is 0.299. The molecule has 24 heavy (non-hydrogen) atoms. The van der Waals surface area contributed by atoms with Crippen LogP contribution >= 0.6 is 11.6 Å². The lowest BCUT2D eigenvalue weighted by atomic mass is 9.78. The van der Waals surface area contributed by atoms with Crippen LogP contribution in [0.15, 0.2) is 18.2 Å². The number of likely N-dealkylation sites (tertiary alicyclic amines) is 1. The van der Waals surface area contributed by atoms with E-state index in [9.17, 15) is 9.59 Å². The first-order valence-corrected chi connectivity index (χ1v) is 8.95. The second kappa shape index (κ2) is 7.43. The van der Waals surface area contributed by atoms with Gasteiger partial charge in [-0.05, 0) is 49.8 Å². The van der Waals surface area contributed by atoms with Crippen LogP contribution in [0.2, 0.25) is 5.02 Å².